The fraction of sp³-hybridized carbons (Fsp3) is 0.241. The third-order valence-corrected chi connectivity index (χ3v) is 6.25. The number of aliphatic imine (C=N–C) groups is 1. The fourth-order valence-electron chi connectivity index (χ4n) is 4.14. The van der Waals surface area contributed by atoms with E-state index in [0.29, 0.717) is 28.1 Å². The van der Waals surface area contributed by atoms with Crippen molar-refractivity contribution in [1.29, 1.82) is 0 Å². The van der Waals surface area contributed by atoms with Gasteiger partial charge in [-0.1, -0.05) is 48.5 Å². The van der Waals surface area contributed by atoms with E-state index in [1.807, 2.05) is 0 Å². The minimum absolute atomic E-state index is 0.158. The summed E-state index contributed by atoms with van der Waals surface area (Å²) in [6, 6.07) is 20.8. The van der Waals surface area contributed by atoms with Crippen molar-refractivity contribution >= 4 is 29.1 Å². The van der Waals surface area contributed by atoms with Crippen molar-refractivity contribution in [2.45, 2.75) is 38.3 Å². The van der Waals surface area contributed by atoms with E-state index in [1.54, 1.807) is 61.6 Å². The Morgan fingerprint density at radius 2 is 1.57 bits per heavy atom. The largest absolute Gasteiger partial charge is 0.573 e. The van der Waals surface area contributed by atoms with Crippen molar-refractivity contribution in [3.63, 3.8) is 0 Å². The number of nitrogens with one attached hydrogen (secondary N) is 2. The molecule has 0 saturated carbocycles. The summed E-state index contributed by atoms with van der Waals surface area (Å²) in [6.07, 6.45) is -5.97. The maximum absolute atomic E-state index is 13.4. The molecule has 208 valence electrons. The van der Waals surface area contributed by atoms with Crippen molar-refractivity contribution in [2.75, 3.05) is 11.9 Å². The molecule has 0 bridgehead atoms. The van der Waals surface area contributed by atoms with Crippen LogP contribution in [0.4, 0.5) is 18.9 Å². The summed E-state index contributed by atoms with van der Waals surface area (Å²) in [4.78, 5) is 45.3. The molecule has 1 aliphatic heterocycles. The van der Waals surface area contributed by atoms with Crippen molar-refractivity contribution in [3.05, 3.63) is 95.6 Å². The summed E-state index contributed by atoms with van der Waals surface area (Å²) in [6.45, 7) is 3.02. The zero-order chi connectivity index (χ0) is 29.1. The van der Waals surface area contributed by atoms with E-state index >= 15 is 0 Å². The number of alkyl halides is 3. The van der Waals surface area contributed by atoms with Crippen molar-refractivity contribution in [2.24, 2.45) is 4.99 Å². The number of ether oxygens (including phenoxy) is 1. The van der Waals surface area contributed by atoms with Gasteiger partial charge in [-0.3, -0.25) is 19.4 Å². The van der Waals surface area contributed by atoms with Crippen LogP contribution in [0.1, 0.15) is 35.3 Å². The molecule has 0 fully saturated rings. The molecule has 8 nitrogen and oxygen atoms in total. The molecule has 4 rings (SSSR count). The second kappa shape index (κ2) is 11.2. The summed E-state index contributed by atoms with van der Waals surface area (Å²) in [5.74, 6) is -1.96. The van der Waals surface area contributed by atoms with Crippen LogP contribution in [0.5, 0.6) is 5.75 Å². The van der Waals surface area contributed by atoms with Crippen LogP contribution in [-0.2, 0) is 16.0 Å². The molecule has 3 amide bonds. The van der Waals surface area contributed by atoms with Gasteiger partial charge < -0.3 is 20.3 Å². The Bertz CT molecular complexity index is 1440. The van der Waals surface area contributed by atoms with E-state index in [1.165, 1.54) is 43.0 Å². The molecule has 0 radical (unpaired) electrons. The van der Waals surface area contributed by atoms with E-state index in [9.17, 15) is 27.6 Å². The lowest BCUT2D eigenvalue weighted by Gasteiger charge is -2.28. The number of carbonyl (C=O) groups is 3. The SMILES string of the molecule is CN1C(=O)C(NC(=O)C(C)(C)NC(=O)c2ccccc2)N=C(Cc2ccc(OC(F)(F)F)cc2)c2ccccc21. The number of para-hydroxylation sites is 1. The summed E-state index contributed by atoms with van der Waals surface area (Å²) in [5, 5.41) is 5.32. The zero-order valence-electron chi connectivity index (χ0n) is 22.0. The van der Waals surface area contributed by atoms with Crippen molar-refractivity contribution in [3.8, 4) is 5.75 Å². The predicted molar refractivity (Wildman–Crippen MR) is 143 cm³/mol. The predicted octanol–water partition coefficient (Wildman–Crippen LogP) is 4.24. The first-order valence-electron chi connectivity index (χ1n) is 12.3. The molecule has 0 saturated heterocycles. The number of benzene rings is 3. The molecule has 0 aliphatic carbocycles. The number of fused-ring (bicyclic) bond motifs is 1. The Morgan fingerprint density at radius 1 is 0.950 bits per heavy atom. The molecule has 2 N–H and O–H groups in total. The van der Waals surface area contributed by atoms with Crippen LogP contribution in [0.2, 0.25) is 0 Å². The highest BCUT2D eigenvalue weighted by Crippen LogP contribution is 2.27. The van der Waals surface area contributed by atoms with Gasteiger partial charge in [0.25, 0.3) is 11.8 Å². The molecule has 3 aromatic rings. The van der Waals surface area contributed by atoms with Gasteiger partial charge in [-0.05, 0) is 49.7 Å². The first-order chi connectivity index (χ1) is 18.8. The highest BCUT2D eigenvalue weighted by atomic mass is 19.4. The normalized spacial score (nSPS) is 15.4. The van der Waals surface area contributed by atoms with Gasteiger partial charge in [0, 0.05) is 24.6 Å². The Morgan fingerprint density at radius 3 is 2.23 bits per heavy atom. The Kier molecular flexibility index (Phi) is 7.94. The molecule has 1 aliphatic rings. The second-order valence-electron chi connectivity index (χ2n) is 9.68. The number of amides is 3. The maximum atomic E-state index is 13.4. The number of likely N-dealkylation sites (N-methyl/N-ethyl adjacent to an activating group) is 1. The van der Waals surface area contributed by atoms with Crippen LogP contribution in [0.15, 0.2) is 83.9 Å². The van der Waals surface area contributed by atoms with E-state index in [2.05, 4.69) is 20.4 Å². The first-order valence-corrected chi connectivity index (χ1v) is 12.3. The quantitative estimate of drug-likeness (QED) is 0.458. The number of nitrogens with zero attached hydrogens (tertiary/aromatic N) is 2. The Balaban J connectivity index is 1.60. The van der Waals surface area contributed by atoms with Gasteiger partial charge in [0.15, 0.2) is 0 Å². The third kappa shape index (κ3) is 6.66. The molecule has 3 aromatic carbocycles. The second-order valence-corrected chi connectivity index (χ2v) is 9.68. The van der Waals surface area contributed by atoms with Crippen LogP contribution < -0.4 is 20.3 Å². The van der Waals surface area contributed by atoms with Crippen molar-refractivity contribution < 1.29 is 32.3 Å². The number of benzodiazepines with no additional fused rings is 1. The number of anilines is 1. The molecule has 1 heterocycles. The maximum Gasteiger partial charge on any atom is 0.573 e. The van der Waals surface area contributed by atoms with Crippen LogP contribution in [0.25, 0.3) is 0 Å². The molecule has 0 aromatic heterocycles. The molecule has 1 unspecified atom stereocenters. The average Bonchev–Trinajstić information content (AvgIpc) is 3.00. The van der Waals surface area contributed by atoms with E-state index in [0.717, 1.165) is 0 Å². The molecule has 0 spiro atoms. The van der Waals surface area contributed by atoms with E-state index in [4.69, 9.17) is 0 Å². The van der Waals surface area contributed by atoms with Crippen molar-refractivity contribution in [1.82, 2.24) is 10.6 Å². The standard InChI is InChI=1S/C29H27F3N4O4/c1-28(2,35-25(37)19-9-5-4-6-10-19)27(39)34-24-26(38)36(3)23-12-8-7-11-21(23)22(33-24)17-18-13-15-20(16-14-18)40-29(30,31)32/h4-16,24H,17H2,1-3H3,(H,34,39)(H,35,37). The van der Waals surface area contributed by atoms with Gasteiger partial charge in [0.2, 0.25) is 12.1 Å². The van der Waals surface area contributed by atoms with Crippen LogP contribution in [0, 0.1) is 0 Å². The minimum Gasteiger partial charge on any atom is -0.406 e. The third-order valence-electron chi connectivity index (χ3n) is 6.25. The van der Waals surface area contributed by atoms with Gasteiger partial charge >= 0.3 is 6.36 Å². The van der Waals surface area contributed by atoms with Gasteiger partial charge in [0.1, 0.15) is 11.3 Å². The monoisotopic (exact) mass is 552 g/mol. The minimum atomic E-state index is -4.81. The van der Waals surface area contributed by atoms with Crippen LogP contribution in [-0.4, -0.2) is 48.5 Å². The smallest absolute Gasteiger partial charge is 0.406 e. The van der Waals surface area contributed by atoms with E-state index in [-0.39, 0.29) is 12.2 Å². The van der Waals surface area contributed by atoms with Crippen LogP contribution in [0.3, 0.4) is 0 Å². The first kappa shape index (κ1) is 28.3. The lowest BCUT2D eigenvalue weighted by Crippen LogP contribution is -2.58. The average molecular weight is 553 g/mol. The Labute approximate surface area is 228 Å². The molecule has 1 atom stereocenters. The topological polar surface area (TPSA) is 100 Å². The van der Waals surface area contributed by atoms with Gasteiger partial charge in [-0.25, -0.2) is 0 Å². The zero-order valence-corrected chi connectivity index (χ0v) is 22.0. The lowest BCUT2D eigenvalue weighted by molar-refractivity contribution is -0.274. The highest BCUT2D eigenvalue weighted by Gasteiger charge is 2.36. The number of hydrogen-bond acceptors (Lipinski definition) is 5. The highest BCUT2D eigenvalue weighted by molar-refractivity contribution is 6.14. The number of carbonyl (C=O) groups excluding carboxylic acids is 3. The number of halogens is 3. The lowest BCUT2D eigenvalue weighted by atomic mass is 10.00. The summed E-state index contributed by atoms with van der Waals surface area (Å²) in [5.41, 5.74) is 1.21. The van der Waals surface area contributed by atoms with Gasteiger partial charge in [-0.15, -0.1) is 13.2 Å². The summed E-state index contributed by atoms with van der Waals surface area (Å²) >= 11 is 0. The van der Waals surface area contributed by atoms with Gasteiger partial charge in [0.05, 0.1) is 11.4 Å². The van der Waals surface area contributed by atoms with E-state index < -0.39 is 35.8 Å². The number of rotatable bonds is 7. The molecular weight excluding hydrogens is 525 g/mol. The molecular formula is C29H27F3N4O4. The van der Waals surface area contributed by atoms with Gasteiger partial charge in [-0.2, -0.15) is 0 Å². The molecule has 11 heteroatoms. The Hall–Kier alpha value is -4.67. The number of hydrogen-bond donors (Lipinski definition) is 2. The van der Waals surface area contributed by atoms with Crippen LogP contribution >= 0.6 is 0 Å². The molecule has 40 heavy (non-hydrogen) atoms. The summed E-state index contributed by atoms with van der Waals surface area (Å²) in [7, 11) is 1.56. The summed E-state index contributed by atoms with van der Waals surface area (Å²) < 4.78 is 41.6. The fourth-order valence-corrected chi connectivity index (χ4v) is 4.14.